The highest BCUT2D eigenvalue weighted by molar-refractivity contribution is 5.94. The Morgan fingerprint density at radius 1 is 1.14 bits per heavy atom. The molecule has 8 heteroatoms. The summed E-state index contributed by atoms with van der Waals surface area (Å²) in [5.41, 5.74) is 0.879. The number of piperidine rings is 2. The lowest BCUT2D eigenvalue weighted by Crippen LogP contribution is -2.59. The Morgan fingerprint density at radius 2 is 1.97 bits per heavy atom. The van der Waals surface area contributed by atoms with E-state index in [1.54, 1.807) is 23.5 Å². The smallest absolute Gasteiger partial charge is 0.254 e. The lowest BCUT2D eigenvalue weighted by molar-refractivity contribution is -0.141. The number of morpholine rings is 1. The van der Waals surface area contributed by atoms with Gasteiger partial charge in [0.15, 0.2) is 5.82 Å². The maximum Gasteiger partial charge on any atom is 0.254 e. The Bertz CT molecular complexity index is 963. The van der Waals surface area contributed by atoms with Crippen LogP contribution in [0.5, 0.6) is 5.75 Å². The minimum Gasteiger partial charge on any atom is -0.494 e. The van der Waals surface area contributed by atoms with E-state index in [1.807, 2.05) is 0 Å². The van der Waals surface area contributed by atoms with Gasteiger partial charge in [-0.2, -0.15) is 0 Å². The highest BCUT2D eigenvalue weighted by Gasteiger charge is 2.43. The molecular formula is C27H37N5O3. The van der Waals surface area contributed by atoms with Crippen LogP contribution in [-0.2, 0) is 9.53 Å². The molecular weight excluding hydrogens is 442 g/mol. The molecule has 0 bridgehead atoms. The maximum absolute atomic E-state index is 12.4. The van der Waals surface area contributed by atoms with Crippen molar-refractivity contribution >= 4 is 17.4 Å². The van der Waals surface area contributed by atoms with Gasteiger partial charge < -0.3 is 19.3 Å². The second-order valence-corrected chi connectivity index (χ2v) is 10.2. The molecule has 3 aliphatic heterocycles. The van der Waals surface area contributed by atoms with Gasteiger partial charge in [0, 0.05) is 44.3 Å². The molecule has 188 valence electrons. The van der Waals surface area contributed by atoms with Crippen molar-refractivity contribution in [3.05, 3.63) is 42.9 Å². The van der Waals surface area contributed by atoms with Crippen LogP contribution in [0.25, 0.3) is 0 Å². The summed E-state index contributed by atoms with van der Waals surface area (Å²) in [6.45, 7) is 9.09. The van der Waals surface area contributed by atoms with Crippen LogP contribution < -0.4 is 14.5 Å². The van der Waals surface area contributed by atoms with Gasteiger partial charge in [0.05, 0.1) is 24.9 Å². The van der Waals surface area contributed by atoms with Crippen molar-refractivity contribution in [1.29, 1.82) is 0 Å². The van der Waals surface area contributed by atoms with Crippen LogP contribution in [0.3, 0.4) is 0 Å². The quantitative estimate of drug-likeness (QED) is 0.564. The number of ether oxygens (including phenoxy) is 2. The van der Waals surface area contributed by atoms with Gasteiger partial charge in [-0.1, -0.05) is 6.92 Å². The highest BCUT2D eigenvalue weighted by Crippen LogP contribution is 2.34. The zero-order chi connectivity index (χ0) is 24.1. The summed E-state index contributed by atoms with van der Waals surface area (Å²) in [4.78, 5) is 27.6. The van der Waals surface area contributed by atoms with E-state index >= 15 is 0 Å². The topological polar surface area (TPSA) is 71.0 Å². The van der Waals surface area contributed by atoms with Crippen LogP contribution in [0.2, 0.25) is 0 Å². The van der Waals surface area contributed by atoms with E-state index in [0.29, 0.717) is 12.4 Å². The molecule has 3 fully saturated rings. The molecule has 1 amide bonds. The SMILES string of the molecule is C[C@H]1CCCN(CCCOc2ccc(N3CCC4(CC3)CN(c3cnccn3)C(=O)CO4)cc2)C1. The minimum atomic E-state index is -0.322. The van der Waals surface area contributed by atoms with Crippen LogP contribution in [0, 0.1) is 5.92 Å². The third kappa shape index (κ3) is 5.93. The molecule has 0 saturated carbocycles. The number of aromatic nitrogens is 2. The largest absolute Gasteiger partial charge is 0.494 e. The summed E-state index contributed by atoms with van der Waals surface area (Å²) >= 11 is 0. The van der Waals surface area contributed by atoms with Crippen LogP contribution in [0.15, 0.2) is 42.9 Å². The molecule has 35 heavy (non-hydrogen) atoms. The van der Waals surface area contributed by atoms with E-state index in [2.05, 4.69) is 51.0 Å². The van der Waals surface area contributed by atoms with E-state index in [1.165, 1.54) is 31.6 Å². The number of hydrogen-bond donors (Lipinski definition) is 0. The first-order chi connectivity index (χ1) is 17.1. The third-order valence-corrected chi connectivity index (χ3v) is 7.58. The molecule has 0 aliphatic carbocycles. The standard InChI is InChI=1S/C27H37N5O3/c1-22-4-2-13-30(19-22)14-3-17-34-24-7-5-23(6-8-24)31-15-9-27(10-16-31)21-32(26(33)20-35-27)25-18-28-11-12-29-25/h5-8,11-12,18,22H,2-4,9-10,13-17,19-21H2,1H3/t22-/m0/s1. The van der Waals surface area contributed by atoms with Crippen LogP contribution in [-0.4, -0.2) is 78.9 Å². The zero-order valence-electron chi connectivity index (χ0n) is 20.8. The van der Waals surface area contributed by atoms with Crippen molar-refractivity contribution in [3.8, 4) is 5.75 Å². The van der Waals surface area contributed by atoms with Gasteiger partial charge in [0.1, 0.15) is 12.4 Å². The molecule has 0 N–H and O–H groups in total. The molecule has 2 aromatic rings. The van der Waals surface area contributed by atoms with E-state index in [9.17, 15) is 4.79 Å². The summed E-state index contributed by atoms with van der Waals surface area (Å²) in [6, 6.07) is 8.45. The summed E-state index contributed by atoms with van der Waals surface area (Å²) < 4.78 is 12.1. The van der Waals surface area contributed by atoms with Crippen molar-refractivity contribution in [2.75, 3.05) is 62.3 Å². The monoisotopic (exact) mass is 479 g/mol. The predicted octanol–water partition coefficient (Wildman–Crippen LogP) is 3.38. The molecule has 1 spiro atoms. The number of carbonyl (C=O) groups excluding carboxylic acids is 1. The molecule has 4 heterocycles. The Labute approximate surface area is 208 Å². The molecule has 8 nitrogen and oxygen atoms in total. The zero-order valence-corrected chi connectivity index (χ0v) is 20.8. The van der Waals surface area contributed by atoms with Crippen LogP contribution in [0.1, 0.15) is 39.0 Å². The first kappa shape index (κ1) is 24.0. The number of benzene rings is 1. The van der Waals surface area contributed by atoms with Gasteiger partial charge in [-0.15, -0.1) is 0 Å². The second kappa shape index (κ2) is 10.9. The number of carbonyl (C=O) groups is 1. The Hall–Kier alpha value is -2.71. The van der Waals surface area contributed by atoms with Crippen LogP contribution in [0.4, 0.5) is 11.5 Å². The lowest BCUT2D eigenvalue weighted by Gasteiger charge is -2.47. The normalized spacial score (nSPS) is 23.0. The summed E-state index contributed by atoms with van der Waals surface area (Å²) in [5.74, 6) is 2.30. The maximum atomic E-state index is 12.4. The summed E-state index contributed by atoms with van der Waals surface area (Å²) in [6.07, 6.45) is 10.4. The van der Waals surface area contributed by atoms with E-state index in [-0.39, 0.29) is 18.1 Å². The Balaban J connectivity index is 1.09. The predicted molar refractivity (Wildman–Crippen MR) is 136 cm³/mol. The average molecular weight is 480 g/mol. The fourth-order valence-corrected chi connectivity index (χ4v) is 5.55. The fourth-order valence-electron chi connectivity index (χ4n) is 5.55. The molecule has 1 atom stereocenters. The molecule has 5 rings (SSSR count). The Morgan fingerprint density at radius 3 is 2.71 bits per heavy atom. The number of hydrogen-bond acceptors (Lipinski definition) is 7. The van der Waals surface area contributed by atoms with Crippen molar-refractivity contribution in [1.82, 2.24) is 14.9 Å². The number of anilines is 2. The van der Waals surface area contributed by atoms with Gasteiger partial charge >= 0.3 is 0 Å². The molecule has 0 unspecified atom stereocenters. The number of amides is 1. The lowest BCUT2D eigenvalue weighted by atomic mass is 9.89. The average Bonchev–Trinajstić information content (AvgIpc) is 2.90. The van der Waals surface area contributed by atoms with Crippen molar-refractivity contribution < 1.29 is 14.3 Å². The van der Waals surface area contributed by atoms with E-state index < -0.39 is 0 Å². The minimum absolute atomic E-state index is 0.0559. The molecule has 3 saturated heterocycles. The Kier molecular flexibility index (Phi) is 7.48. The van der Waals surface area contributed by atoms with E-state index in [4.69, 9.17) is 9.47 Å². The van der Waals surface area contributed by atoms with Crippen LogP contribution >= 0.6 is 0 Å². The van der Waals surface area contributed by atoms with Gasteiger partial charge in [-0.3, -0.25) is 14.7 Å². The van der Waals surface area contributed by atoms with Crippen molar-refractivity contribution in [2.45, 2.75) is 44.6 Å². The second-order valence-electron chi connectivity index (χ2n) is 10.2. The summed E-state index contributed by atoms with van der Waals surface area (Å²) in [7, 11) is 0. The van der Waals surface area contributed by atoms with Crippen molar-refractivity contribution in [3.63, 3.8) is 0 Å². The third-order valence-electron chi connectivity index (χ3n) is 7.58. The van der Waals surface area contributed by atoms with Gasteiger partial charge in [-0.05, 0) is 68.8 Å². The highest BCUT2D eigenvalue weighted by atomic mass is 16.5. The fraction of sp³-hybridized carbons (Fsp3) is 0.593. The number of rotatable bonds is 7. The van der Waals surface area contributed by atoms with Gasteiger partial charge in [0.2, 0.25) is 0 Å². The van der Waals surface area contributed by atoms with Crippen molar-refractivity contribution in [2.24, 2.45) is 5.92 Å². The first-order valence-corrected chi connectivity index (χ1v) is 13.0. The summed E-state index contributed by atoms with van der Waals surface area (Å²) in [5, 5.41) is 0. The van der Waals surface area contributed by atoms with Gasteiger partial charge in [0.25, 0.3) is 5.91 Å². The first-order valence-electron chi connectivity index (χ1n) is 13.0. The molecule has 1 aromatic heterocycles. The number of nitrogens with zero attached hydrogens (tertiary/aromatic N) is 5. The van der Waals surface area contributed by atoms with E-state index in [0.717, 1.165) is 57.2 Å². The molecule has 3 aliphatic rings. The molecule has 0 radical (unpaired) electrons. The van der Waals surface area contributed by atoms with Gasteiger partial charge in [-0.25, -0.2) is 4.98 Å². The number of likely N-dealkylation sites (tertiary alicyclic amines) is 1. The molecule has 1 aromatic carbocycles.